The van der Waals surface area contributed by atoms with Gasteiger partial charge in [-0.15, -0.1) is 10.2 Å². The van der Waals surface area contributed by atoms with Crippen molar-refractivity contribution in [2.45, 2.75) is 63.0 Å². The molecule has 2 atom stereocenters. The second-order valence-electron chi connectivity index (χ2n) is 8.11. The molecule has 1 unspecified atom stereocenters. The number of halogens is 1. The van der Waals surface area contributed by atoms with Crippen LogP contribution >= 0.6 is 11.6 Å². The number of hydrogen-bond acceptors (Lipinski definition) is 9. The molecular formula is C19H25ClN4O8S. The molecule has 33 heavy (non-hydrogen) atoms. The third kappa shape index (κ3) is 7.04. The highest BCUT2D eigenvalue weighted by molar-refractivity contribution is 7.86. The number of ether oxygens (including phenoxy) is 1. The van der Waals surface area contributed by atoms with Crippen LogP contribution in [0, 0.1) is 0 Å². The number of nitrogens with zero attached hydrogens (tertiary/aromatic N) is 2. The van der Waals surface area contributed by atoms with Crippen molar-refractivity contribution in [2.24, 2.45) is 5.73 Å². The lowest BCUT2D eigenvalue weighted by Crippen LogP contribution is -2.38. The first-order valence-corrected chi connectivity index (χ1v) is 11.5. The minimum atomic E-state index is -4.89. The fourth-order valence-electron chi connectivity index (χ4n) is 3.00. The number of aromatic hydroxyl groups is 1. The summed E-state index contributed by atoms with van der Waals surface area (Å²) in [5.74, 6) is -2.93. The lowest BCUT2D eigenvalue weighted by molar-refractivity contribution is -0.118. The first-order valence-electron chi connectivity index (χ1n) is 9.72. The molecule has 1 heterocycles. The second-order valence-corrected chi connectivity index (χ2v) is 9.93. The van der Waals surface area contributed by atoms with Gasteiger partial charge in [-0.3, -0.25) is 9.35 Å². The number of phenolic OH excluding ortho intramolecular Hbond substituents is 1. The predicted octanol–water partition coefficient (Wildman–Crippen LogP) is 2.46. The molecule has 2 amide bonds. The van der Waals surface area contributed by atoms with Gasteiger partial charge in [-0.25, -0.2) is 4.79 Å². The average molecular weight is 505 g/mol. The monoisotopic (exact) mass is 504 g/mol. The lowest BCUT2D eigenvalue weighted by Gasteiger charge is -2.28. The van der Waals surface area contributed by atoms with E-state index in [9.17, 15) is 27.7 Å². The van der Waals surface area contributed by atoms with Crippen LogP contribution in [0.2, 0.25) is 5.02 Å². The van der Waals surface area contributed by atoms with Gasteiger partial charge in [0.25, 0.3) is 10.1 Å². The van der Waals surface area contributed by atoms with Crippen LogP contribution < -0.4 is 11.1 Å². The molecule has 2 rings (SSSR count). The van der Waals surface area contributed by atoms with Gasteiger partial charge in [-0.1, -0.05) is 18.5 Å². The van der Waals surface area contributed by atoms with Gasteiger partial charge in [-0.2, -0.15) is 8.42 Å². The highest BCUT2D eigenvalue weighted by atomic mass is 35.5. The Bertz CT molecular complexity index is 1140. The molecule has 0 spiro atoms. The van der Waals surface area contributed by atoms with Crippen LogP contribution in [0.5, 0.6) is 5.75 Å². The van der Waals surface area contributed by atoms with Crippen molar-refractivity contribution in [3.05, 3.63) is 34.5 Å². The topological polar surface area (TPSA) is 195 Å². The third-order valence-corrected chi connectivity index (χ3v) is 5.38. The number of carbonyl (C=O) groups is 2. The molecule has 0 aliphatic carbocycles. The van der Waals surface area contributed by atoms with E-state index in [-0.39, 0.29) is 22.4 Å². The Morgan fingerprint density at radius 3 is 2.42 bits per heavy atom. The quantitative estimate of drug-likeness (QED) is 0.387. The van der Waals surface area contributed by atoms with Crippen molar-refractivity contribution >= 4 is 33.7 Å². The van der Waals surface area contributed by atoms with Crippen LogP contribution in [0.3, 0.4) is 0 Å². The minimum Gasteiger partial charge on any atom is -0.506 e. The van der Waals surface area contributed by atoms with Crippen molar-refractivity contribution in [1.82, 2.24) is 15.5 Å². The molecule has 0 bridgehead atoms. The predicted molar refractivity (Wildman–Crippen MR) is 115 cm³/mol. The number of amides is 2. The van der Waals surface area contributed by atoms with Crippen LogP contribution in [0.25, 0.3) is 0 Å². The number of nitrogens with two attached hydrogens (primary N) is 1. The Morgan fingerprint density at radius 1 is 1.30 bits per heavy atom. The van der Waals surface area contributed by atoms with Crippen LogP contribution in [-0.4, -0.2) is 45.9 Å². The number of phenols is 1. The number of alkyl carbamates (subject to hydrolysis) is 1. The van der Waals surface area contributed by atoms with Gasteiger partial charge < -0.3 is 25.3 Å². The molecule has 5 N–H and O–H groups in total. The summed E-state index contributed by atoms with van der Waals surface area (Å²) in [5.41, 5.74) is 4.29. The van der Waals surface area contributed by atoms with Crippen LogP contribution in [0.1, 0.15) is 63.4 Å². The summed E-state index contributed by atoms with van der Waals surface area (Å²) in [7, 11) is -4.89. The summed E-state index contributed by atoms with van der Waals surface area (Å²) in [4.78, 5) is 23.6. The molecule has 0 aliphatic heterocycles. The molecular weight excluding hydrogens is 480 g/mol. The molecule has 0 radical (unpaired) electrons. The first-order chi connectivity index (χ1) is 15.1. The largest absolute Gasteiger partial charge is 0.506 e. The van der Waals surface area contributed by atoms with E-state index in [1.165, 1.54) is 6.07 Å². The SMILES string of the molecule is CCc1nnc([C@@H](NC(=O)OC(C)(C)C)C(CC(N)=O)c2cc(Cl)cc(S(=O)(=O)O)c2O)o1. The molecule has 2 aromatic rings. The molecule has 1 aromatic heterocycles. The van der Waals surface area contributed by atoms with Gasteiger partial charge in [0, 0.05) is 29.3 Å². The van der Waals surface area contributed by atoms with Gasteiger partial charge in [-0.05, 0) is 32.9 Å². The zero-order valence-corrected chi connectivity index (χ0v) is 19.9. The van der Waals surface area contributed by atoms with E-state index >= 15 is 0 Å². The number of nitrogens with one attached hydrogen (secondary N) is 1. The summed E-state index contributed by atoms with van der Waals surface area (Å²) in [5, 5.41) is 20.7. The molecule has 12 nitrogen and oxygen atoms in total. The number of aryl methyl sites for hydroxylation is 1. The molecule has 0 saturated carbocycles. The summed E-state index contributed by atoms with van der Waals surface area (Å²) >= 11 is 6.01. The van der Waals surface area contributed by atoms with Gasteiger partial charge in [0.15, 0.2) is 0 Å². The Hall–Kier alpha value is -2.90. The maximum atomic E-state index is 12.6. The van der Waals surface area contributed by atoms with Crippen molar-refractivity contribution in [1.29, 1.82) is 0 Å². The Kier molecular flexibility index (Phi) is 7.93. The normalized spacial score (nSPS) is 13.9. The van der Waals surface area contributed by atoms with Crippen molar-refractivity contribution < 1.29 is 36.8 Å². The molecule has 0 aliphatic rings. The van der Waals surface area contributed by atoms with Crippen LogP contribution in [-0.2, 0) is 26.1 Å². The maximum absolute atomic E-state index is 12.6. The first kappa shape index (κ1) is 26.4. The number of rotatable bonds is 8. The van der Waals surface area contributed by atoms with Crippen molar-refractivity contribution in [3.8, 4) is 5.75 Å². The average Bonchev–Trinajstić information content (AvgIpc) is 3.12. The zero-order chi connectivity index (χ0) is 25.1. The molecule has 14 heteroatoms. The summed E-state index contributed by atoms with van der Waals surface area (Å²) in [6, 6.07) is 0.703. The van der Waals surface area contributed by atoms with Crippen molar-refractivity contribution in [2.75, 3.05) is 0 Å². The number of primary amides is 1. The van der Waals surface area contributed by atoms with E-state index in [2.05, 4.69) is 15.5 Å². The minimum absolute atomic E-state index is 0.156. The Morgan fingerprint density at radius 2 is 1.94 bits per heavy atom. The number of carbonyl (C=O) groups excluding carboxylic acids is 2. The van der Waals surface area contributed by atoms with E-state index in [0.29, 0.717) is 6.42 Å². The third-order valence-electron chi connectivity index (χ3n) is 4.29. The van der Waals surface area contributed by atoms with Gasteiger partial charge in [0.05, 0.1) is 0 Å². The molecule has 182 valence electrons. The fourth-order valence-corrected chi connectivity index (χ4v) is 3.93. The molecule has 0 fully saturated rings. The zero-order valence-electron chi connectivity index (χ0n) is 18.3. The van der Waals surface area contributed by atoms with E-state index in [0.717, 1.165) is 6.07 Å². The lowest BCUT2D eigenvalue weighted by atomic mass is 9.87. The standard InChI is InChI=1S/C19H25ClN4O8S/c1-5-14-23-24-17(31-14)15(22-18(27)32-19(2,3)4)10(8-13(21)25)11-6-9(20)7-12(16(11)26)33(28,29)30/h6-7,10,15,26H,5,8H2,1-4H3,(H2,21,25)(H,22,27)(H,28,29,30)/t10?,15-/m0/s1. The van der Waals surface area contributed by atoms with Crippen LogP contribution in [0.15, 0.2) is 21.4 Å². The van der Waals surface area contributed by atoms with E-state index < -0.39 is 56.7 Å². The summed E-state index contributed by atoms with van der Waals surface area (Å²) < 4.78 is 43.8. The van der Waals surface area contributed by atoms with Crippen LogP contribution in [0.4, 0.5) is 4.79 Å². The molecule has 1 aromatic carbocycles. The highest BCUT2D eigenvalue weighted by Crippen LogP contribution is 2.42. The number of aromatic nitrogens is 2. The number of hydrogen-bond donors (Lipinski definition) is 4. The Balaban J connectivity index is 2.70. The smallest absolute Gasteiger partial charge is 0.408 e. The van der Waals surface area contributed by atoms with Gasteiger partial charge in [0.2, 0.25) is 17.7 Å². The summed E-state index contributed by atoms with van der Waals surface area (Å²) in [6.07, 6.45) is -1.07. The maximum Gasteiger partial charge on any atom is 0.408 e. The summed E-state index contributed by atoms with van der Waals surface area (Å²) in [6.45, 7) is 6.64. The Labute approximate surface area is 195 Å². The van der Waals surface area contributed by atoms with E-state index in [1.54, 1.807) is 27.7 Å². The van der Waals surface area contributed by atoms with E-state index in [1.807, 2.05) is 0 Å². The van der Waals surface area contributed by atoms with Gasteiger partial charge in [0.1, 0.15) is 22.3 Å². The van der Waals surface area contributed by atoms with Gasteiger partial charge >= 0.3 is 6.09 Å². The highest BCUT2D eigenvalue weighted by Gasteiger charge is 2.36. The van der Waals surface area contributed by atoms with E-state index in [4.69, 9.17) is 26.5 Å². The number of benzene rings is 1. The molecule has 0 saturated heterocycles. The fraction of sp³-hybridized carbons (Fsp3) is 0.474. The van der Waals surface area contributed by atoms with Crippen molar-refractivity contribution in [3.63, 3.8) is 0 Å². The second kappa shape index (κ2) is 9.93.